The van der Waals surface area contributed by atoms with Crippen molar-refractivity contribution in [2.24, 2.45) is 11.8 Å². The summed E-state index contributed by atoms with van der Waals surface area (Å²) >= 11 is 3.95. The number of carbonyl (C=O) groups is 8. The highest BCUT2D eigenvalue weighted by Gasteiger charge is 2.41. The molecule has 0 aromatic rings. The average Bonchev–Trinajstić information content (AvgIpc) is 3.45. The molecule has 6 amide bonds. The Hall–Kier alpha value is -3.89. The summed E-state index contributed by atoms with van der Waals surface area (Å²) in [6.45, 7) is 9.56. The van der Waals surface area contributed by atoms with Crippen molar-refractivity contribution in [3.8, 4) is 0 Å². The van der Waals surface area contributed by atoms with Crippen LogP contribution in [0.2, 0.25) is 0 Å². The van der Waals surface area contributed by atoms with Crippen molar-refractivity contribution < 1.29 is 48.6 Å². The Bertz CT molecular complexity index is 1120. The number of carbonyl (C=O) groups excluding carboxylic acids is 6. The summed E-state index contributed by atoms with van der Waals surface area (Å²) in [5, 5.41) is 30.6. The summed E-state index contributed by atoms with van der Waals surface area (Å²) in [6.07, 6.45) is 0.537. The van der Waals surface area contributed by atoms with E-state index in [2.05, 4.69) is 39.2 Å². The van der Waals surface area contributed by atoms with E-state index in [-0.39, 0.29) is 12.3 Å². The van der Waals surface area contributed by atoms with Crippen LogP contribution in [0, 0.1) is 11.8 Å². The predicted molar refractivity (Wildman–Crippen MR) is 164 cm³/mol. The molecule has 1 saturated heterocycles. The van der Waals surface area contributed by atoms with E-state index in [1.807, 2.05) is 0 Å². The lowest BCUT2D eigenvalue weighted by atomic mass is 9.96. The number of rotatable bonds is 17. The van der Waals surface area contributed by atoms with Crippen molar-refractivity contribution in [2.75, 3.05) is 12.3 Å². The van der Waals surface area contributed by atoms with Crippen LogP contribution in [0.4, 0.5) is 0 Å². The third-order valence-corrected chi connectivity index (χ3v) is 7.85. The van der Waals surface area contributed by atoms with Gasteiger partial charge in [-0.05, 0) is 31.6 Å². The zero-order valence-corrected chi connectivity index (χ0v) is 27.3. The van der Waals surface area contributed by atoms with Crippen LogP contribution in [0.5, 0.6) is 0 Å². The fourth-order valence-electron chi connectivity index (χ4n) is 4.68. The number of carboxylic acids is 2. The van der Waals surface area contributed by atoms with Crippen LogP contribution in [0.15, 0.2) is 0 Å². The van der Waals surface area contributed by atoms with Crippen molar-refractivity contribution in [3.05, 3.63) is 0 Å². The van der Waals surface area contributed by atoms with E-state index in [0.717, 1.165) is 6.92 Å². The lowest BCUT2D eigenvalue weighted by molar-refractivity contribution is -0.145. The molecule has 0 radical (unpaired) electrons. The number of thiol groups is 1. The molecule has 7 unspecified atom stereocenters. The summed E-state index contributed by atoms with van der Waals surface area (Å²) in [5.41, 5.74) is 0. The minimum atomic E-state index is -1.42. The monoisotopic (exact) mass is 658 g/mol. The van der Waals surface area contributed by atoms with Crippen molar-refractivity contribution in [3.63, 3.8) is 0 Å². The molecule has 17 heteroatoms. The number of likely N-dealkylation sites (tertiary alicyclic amines) is 1. The van der Waals surface area contributed by atoms with Gasteiger partial charge in [0.2, 0.25) is 35.4 Å². The van der Waals surface area contributed by atoms with Crippen molar-refractivity contribution >= 4 is 60.0 Å². The van der Waals surface area contributed by atoms with Crippen LogP contribution in [0.3, 0.4) is 0 Å². The number of aliphatic carboxylic acids is 2. The SMILES string of the molecule is CCC(C)C(NC(=O)C(C)NC(=O)C(CC(=O)O)NC(C)=O)C(=O)NC(C(=O)N1CCCC1C(=O)NC(CS)C(=O)O)C(C)C. The van der Waals surface area contributed by atoms with E-state index >= 15 is 0 Å². The Kier molecular flexibility index (Phi) is 15.8. The van der Waals surface area contributed by atoms with Crippen LogP contribution >= 0.6 is 12.6 Å². The maximum Gasteiger partial charge on any atom is 0.327 e. The minimum Gasteiger partial charge on any atom is -0.481 e. The molecule has 45 heavy (non-hydrogen) atoms. The summed E-state index contributed by atoms with van der Waals surface area (Å²) < 4.78 is 0. The Morgan fingerprint density at radius 2 is 1.42 bits per heavy atom. The fraction of sp³-hybridized carbons (Fsp3) is 0.714. The maximum absolute atomic E-state index is 13.7. The van der Waals surface area contributed by atoms with Gasteiger partial charge >= 0.3 is 11.9 Å². The average molecular weight is 659 g/mol. The molecule has 0 aromatic heterocycles. The fourth-order valence-corrected chi connectivity index (χ4v) is 4.93. The van der Waals surface area contributed by atoms with Gasteiger partial charge in [-0.3, -0.25) is 33.6 Å². The zero-order chi connectivity index (χ0) is 34.6. The van der Waals surface area contributed by atoms with Gasteiger partial charge in [-0.15, -0.1) is 0 Å². The minimum absolute atomic E-state index is 0.143. The topological polar surface area (TPSA) is 240 Å². The van der Waals surface area contributed by atoms with E-state index < -0.39 is 102 Å². The number of carboxylic acid groups (broad SMARTS) is 2. The van der Waals surface area contributed by atoms with Crippen LogP contribution in [0.1, 0.15) is 67.2 Å². The summed E-state index contributed by atoms with van der Waals surface area (Å²) in [4.78, 5) is 101. The van der Waals surface area contributed by atoms with Gasteiger partial charge in [-0.2, -0.15) is 12.6 Å². The van der Waals surface area contributed by atoms with Crippen molar-refractivity contribution in [2.45, 2.75) is 103 Å². The first-order valence-electron chi connectivity index (χ1n) is 14.8. The first-order valence-corrected chi connectivity index (χ1v) is 15.4. The second kappa shape index (κ2) is 18.2. The van der Waals surface area contributed by atoms with E-state index in [1.165, 1.54) is 11.8 Å². The summed E-state index contributed by atoms with van der Waals surface area (Å²) in [7, 11) is 0. The Morgan fingerprint density at radius 3 is 1.91 bits per heavy atom. The van der Waals surface area contributed by atoms with Crippen LogP contribution in [-0.2, 0) is 38.4 Å². The van der Waals surface area contributed by atoms with Gasteiger partial charge in [0.25, 0.3) is 0 Å². The smallest absolute Gasteiger partial charge is 0.327 e. The third kappa shape index (κ3) is 11.9. The van der Waals surface area contributed by atoms with Gasteiger partial charge in [0.15, 0.2) is 0 Å². The van der Waals surface area contributed by atoms with Crippen molar-refractivity contribution in [1.29, 1.82) is 0 Å². The summed E-state index contributed by atoms with van der Waals surface area (Å²) in [5.74, 6) is -7.75. The van der Waals surface area contributed by atoms with Gasteiger partial charge in [0, 0.05) is 19.2 Å². The highest BCUT2D eigenvalue weighted by molar-refractivity contribution is 7.80. The number of hydrogen-bond acceptors (Lipinski definition) is 9. The lowest BCUT2D eigenvalue weighted by Gasteiger charge is -2.33. The van der Waals surface area contributed by atoms with E-state index in [0.29, 0.717) is 19.3 Å². The molecule has 0 saturated carbocycles. The van der Waals surface area contributed by atoms with Gasteiger partial charge in [-0.1, -0.05) is 34.1 Å². The largest absolute Gasteiger partial charge is 0.481 e. The van der Waals surface area contributed by atoms with Crippen LogP contribution in [0.25, 0.3) is 0 Å². The molecule has 0 spiro atoms. The van der Waals surface area contributed by atoms with Gasteiger partial charge < -0.3 is 41.7 Å². The van der Waals surface area contributed by atoms with Gasteiger partial charge in [0.05, 0.1) is 6.42 Å². The maximum atomic E-state index is 13.7. The molecule has 7 N–H and O–H groups in total. The second-order valence-electron chi connectivity index (χ2n) is 11.5. The van der Waals surface area contributed by atoms with Crippen LogP contribution < -0.4 is 26.6 Å². The Morgan fingerprint density at radius 1 is 0.822 bits per heavy atom. The molecule has 0 bridgehead atoms. The molecule has 1 heterocycles. The number of nitrogens with one attached hydrogen (secondary N) is 5. The highest BCUT2D eigenvalue weighted by Crippen LogP contribution is 2.21. The molecular weight excluding hydrogens is 612 g/mol. The molecule has 254 valence electrons. The molecule has 0 aromatic carbocycles. The highest BCUT2D eigenvalue weighted by atomic mass is 32.1. The van der Waals surface area contributed by atoms with Gasteiger partial charge in [0.1, 0.15) is 36.3 Å². The first kappa shape index (κ1) is 39.1. The standard InChI is InChI=1S/C28H46N6O10S/c1-7-14(4)22(33-23(38)15(5)29-24(39)17(11-20(36)37)30-16(6)35)26(41)32-21(13(2)3)27(42)34-10-8-9-19(34)25(40)31-18(12-45)28(43)44/h13-15,17-19,21-22,45H,7-12H2,1-6H3,(H,29,39)(H,30,35)(H,31,40)(H,32,41)(H,33,38)(H,36,37)(H,43,44). The molecule has 16 nitrogen and oxygen atoms in total. The van der Waals surface area contributed by atoms with E-state index in [9.17, 15) is 43.5 Å². The quantitative estimate of drug-likeness (QED) is 0.0853. The molecular formula is C28H46N6O10S. The molecule has 1 rings (SSSR count). The first-order chi connectivity index (χ1) is 20.9. The molecule has 1 fully saturated rings. The molecule has 1 aliphatic heterocycles. The zero-order valence-electron chi connectivity index (χ0n) is 26.4. The second-order valence-corrected chi connectivity index (χ2v) is 11.8. The van der Waals surface area contributed by atoms with E-state index in [1.54, 1.807) is 27.7 Å². The Labute approximate surface area is 267 Å². The third-order valence-electron chi connectivity index (χ3n) is 7.48. The summed E-state index contributed by atoms with van der Waals surface area (Å²) in [6, 6.07) is -7.04. The van der Waals surface area contributed by atoms with Crippen molar-refractivity contribution in [1.82, 2.24) is 31.5 Å². The molecule has 0 aliphatic carbocycles. The molecule has 1 aliphatic rings. The number of hydrogen-bond donors (Lipinski definition) is 8. The normalized spacial score (nSPS) is 18.4. The number of amides is 6. The van der Waals surface area contributed by atoms with Gasteiger partial charge in [-0.25, -0.2) is 4.79 Å². The Balaban J connectivity index is 3.07. The molecule has 7 atom stereocenters. The van der Waals surface area contributed by atoms with Crippen LogP contribution in [-0.4, -0.2) is 111 Å². The number of nitrogens with zero attached hydrogens (tertiary/aromatic N) is 1. The predicted octanol–water partition coefficient (Wildman–Crippen LogP) is -1.37. The van der Waals surface area contributed by atoms with E-state index in [4.69, 9.17) is 5.11 Å². The lowest BCUT2D eigenvalue weighted by Crippen LogP contribution is -2.61.